The lowest BCUT2D eigenvalue weighted by molar-refractivity contribution is 0.0524. The predicted octanol–water partition coefficient (Wildman–Crippen LogP) is 1.80. The van der Waals surface area contributed by atoms with Gasteiger partial charge >= 0.3 is 5.97 Å². The standard InChI is InChI=1S/C12H15NO2/c1-6-10-8(3)11(9(4)13(10)5)12(14)15-7-2/h1H,7H2,2-5H3. The number of esters is 1. The Morgan fingerprint density at radius 3 is 2.53 bits per heavy atom. The molecule has 0 aliphatic carbocycles. The second-order valence-electron chi connectivity index (χ2n) is 3.36. The average Bonchev–Trinajstić information content (AvgIpc) is 2.39. The third kappa shape index (κ3) is 1.75. The Labute approximate surface area is 90.0 Å². The van der Waals surface area contributed by atoms with Crippen molar-refractivity contribution < 1.29 is 9.53 Å². The van der Waals surface area contributed by atoms with Gasteiger partial charge in [-0.25, -0.2) is 4.79 Å². The van der Waals surface area contributed by atoms with Crippen molar-refractivity contribution in [3.63, 3.8) is 0 Å². The van der Waals surface area contributed by atoms with Crippen molar-refractivity contribution >= 4 is 5.97 Å². The van der Waals surface area contributed by atoms with Crippen LogP contribution in [0.2, 0.25) is 0 Å². The molecule has 0 radical (unpaired) electrons. The quantitative estimate of drug-likeness (QED) is 0.544. The van der Waals surface area contributed by atoms with Gasteiger partial charge in [0, 0.05) is 12.7 Å². The molecule has 0 bridgehead atoms. The summed E-state index contributed by atoms with van der Waals surface area (Å²) in [4.78, 5) is 11.7. The van der Waals surface area contributed by atoms with E-state index in [4.69, 9.17) is 11.2 Å². The largest absolute Gasteiger partial charge is 0.462 e. The molecule has 0 aromatic carbocycles. The molecule has 1 rings (SSSR count). The number of rotatable bonds is 2. The van der Waals surface area contributed by atoms with E-state index >= 15 is 0 Å². The Morgan fingerprint density at radius 2 is 2.13 bits per heavy atom. The fourth-order valence-corrected chi connectivity index (χ4v) is 1.69. The smallest absolute Gasteiger partial charge is 0.340 e. The maximum atomic E-state index is 11.7. The lowest BCUT2D eigenvalue weighted by Gasteiger charge is -2.02. The zero-order chi connectivity index (χ0) is 11.6. The molecule has 0 saturated carbocycles. The maximum Gasteiger partial charge on any atom is 0.340 e. The molecule has 3 heteroatoms. The van der Waals surface area contributed by atoms with Crippen LogP contribution in [0.1, 0.15) is 34.2 Å². The third-order valence-electron chi connectivity index (χ3n) is 2.55. The number of ether oxygens (including phenoxy) is 1. The first-order valence-electron chi connectivity index (χ1n) is 4.84. The molecule has 80 valence electrons. The summed E-state index contributed by atoms with van der Waals surface area (Å²) in [7, 11) is 1.85. The molecule has 1 aromatic heterocycles. The second kappa shape index (κ2) is 4.22. The van der Waals surface area contributed by atoms with E-state index in [1.165, 1.54) is 0 Å². The lowest BCUT2D eigenvalue weighted by atomic mass is 10.1. The minimum Gasteiger partial charge on any atom is -0.462 e. The van der Waals surface area contributed by atoms with Crippen molar-refractivity contribution in [2.75, 3.05) is 6.61 Å². The summed E-state index contributed by atoms with van der Waals surface area (Å²) in [5.41, 5.74) is 2.98. The van der Waals surface area contributed by atoms with Crippen LogP contribution in [0.4, 0.5) is 0 Å². The van der Waals surface area contributed by atoms with E-state index in [-0.39, 0.29) is 5.97 Å². The van der Waals surface area contributed by atoms with Gasteiger partial charge in [-0.15, -0.1) is 6.42 Å². The van der Waals surface area contributed by atoms with Crippen LogP contribution in [0.25, 0.3) is 0 Å². The third-order valence-corrected chi connectivity index (χ3v) is 2.55. The summed E-state index contributed by atoms with van der Waals surface area (Å²) in [5, 5.41) is 0. The van der Waals surface area contributed by atoms with Crippen molar-refractivity contribution in [2.24, 2.45) is 7.05 Å². The Hall–Kier alpha value is -1.69. The van der Waals surface area contributed by atoms with Gasteiger partial charge < -0.3 is 9.30 Å². The summed E-state index contributed by atoms with van der Waals surface area (Å²) in [6.07, 6.45) is 5.38. The molecule has 0 unspecified atom stereocenters. The van der Waals surface area contributed by atoms with Gasteiger partial charge in [0.25, 0.3) is 0 Å². The number of carbonyl (C=O) groups excluding carboxylic acids is 1. The normalized spacial score (nSPS) is 9.80. The maximum absolute atomic E-state index is 11.7. The van der Waals surface area contributed by atoms with Crippen LogP contribution >= 0.6 is 0 Å². The zero-order valence-electron chi connectivity index (χ0n) is 9.55. The van der Waals surface area contributed by atoms with Crippen molar-refractivity contribution in [2.45, 2.75) is 20.8 Å². The van der Waals surface area contributed by atoms with Gasteiger partial charge in [0.2, 0.25) is 0 Å². The summed E-state index contributed by atoms with van der Waals surface area (Å²) in [5.74, 6) is 2.28. The molecule has 0 N–H and O–H groups in total. The fraction of sp³-hybridized carbons (Fsp3) is 0.417. The van der Waals surface area contributed by atoms with E-state index in [0.29, 0.717) is 12.2 Å². The summed E-state index contributed by atoms with van der Waals surface area (Å²) >= 11 is 0. The van der Waals surface area contributed by atoms with E-state index in [2.05, 4.69) is 5.92 Å². The predicted molar refractivity (Wildman–Crippen MR) is 58.8 cm³/mol. The number of aromatic nitrogens is 1. The molecule has 0 saturated heterocycles. The van der Waals surface area contributed by atoms with Crippen LogP contribution in [0.5, 0.6) is 0 Å². The molecule has 0 spiro atoms. The number of hydrogen-bond acceptors (Lipinski definition) is 2. The molecule has 1 aromatic rings. The molecular weight excluding hydrogens is 190 g/mol. The van der Waals surface area contributed by atoms with E-state index in [9.17, 15) is 4.79 Å². The van der Waals surface area contributed by atoms with Gasteiger partial charge in [-0.05, 0) is 26.3 Å². The minimum absolute atomic E-state index is 0.301. The van der Waals surface area contributed by atoms with Gasteiger partial charge in [-0.3, -0.25) is 0 Å². The molecule has 15 heavy (non-hydrogen) atoms. The first-order chi connectivity index (χ1) is 7.04. The highest BCUT2D eigenvalue weighted by Gasteiger charge is 2.20. The first kappa shape index (κ1) is 11.4. The molecule has 0 atom stereocenters. The van der Waals surface area contributed by atoms with E-state index < -0.39 is 0 Å². The molecule has 0 amide bonds. The Bertz CT molecular complexity index is 435. The number of carbonyl (C=O) groups is 1. The SMILES string of the molecule is C#Cc1c(C)c(C(=O)OCC)c(C)n1C. The molecular formula is C12H15NO2. The van der Waals surface area contributed by atoms with Crippen LogP contribution in [-0.4, -0.2) is 17.1 Å². The molecule has 1 heterocycles. The summed E-state index contributed by atoms with van der Waals surface area (Å²) < 4.78 is 6.82. The van der Waals surface area contributed by atoms with Gasteiger partial charge in [-0.2, -0.15) is 0 Å². The van der Waals surface area contributed by atoms with Crippen LogP contribution in [0.15, 0.2) is 0 Å². The van der Waals surface area contributed by atoms with Crippen molar-refractivity contribution in [1.29, 1.82) is 0 Å². The Balaban J connectivity index is 3.32. The van der Waals surface area contributed by atoms with Crippen LogP contribution in [0.3, 0.4) is 0 Å². The number of nitrogens with zero attached hydrogens (tertiary/aromatic N) is 1. The monoisotopic (exact) mass is 205 g/mol. The van der Waals surface area contributed by atoms with Gasteiger partial charge in [0.15, 0.2) is 0 Å². The number of hydrogen-bond donors (Lipinski definition) is 0. The van der Waals surface area contributed by atoms with Crippen LogP contribution < -0.4 is 0 Å². The summed E-state index contributed by atoms with van der Waals surface area (Å²) in [6, 6.07) is 0. The fourth-order valence-electron chi connectivity index (χ4n) is 1.69. The molecule has 0 fully saturated rings. The highest BCUT2D eigenvalue weighted by atomic mass is 16.5. The lowest BCUT2D eigenvalue weighted by Crippen LogP contribution is -2.07. The number of terminal acetylenes is 1. The second-order valence-corrected chi connectivity index (χ2v) is 3.36. The highest BCUT2D eigenvalue weighted by molar-refractivity contribution is 5.93. The minimum atomic E-state index is -0.301. The van der Waals surface area contributed by atoms with Crippen molar-refractivity contribution in [3.8, 4) is 12.3 Å². The van der Waals surface area contributed by atoms with Crippen molar-refractivity contribution in [3.05, 3.63) is 22.5 Å². The van der Waals surface area contributed by atoms with Gasteiger partial charge in [-0.1, -0.05) is 5.92 Å². The van der Waals surface area contributed by atoms with E-state index in [1.54, 1.807) is 6.92 Å². The van der Waals surface area contributed by atoms with Crippen LogP contribution in [0, 0.1) is 26.2 Å². The first-order valence-corrected chi connectivity index (χ1v) is 4.84. The van der Waals surface area contributed by atoms with Crippen molar-refractivity contribution in [1.82, 2.24) is 4.57 Å². The van der Waals surface area contributed by atoms with Gasteiger partial charge in [0.05, 0.1) is 17.9 Å². The average molecular weight is 205 g/mol. The topological polar surface area (TPSA) is 31.2 Å². The van der Waals surface area contributed by atoms with Gasteiger partial charge in [0.1, 0.15) is 0 Å². The molecule has 0 aliphatic heterocycles. The van der Waals surface area contributed by atoms with E-state index in [1.807, 2.05) is 25.5 Å². The molecule has 0 aliphatic rings. The highest BCUT2D eigenvalue weighted by Crippen LogP contribution is 2.21. The summed E-state index contributed by atoms with van der Waals surface area (Å²) in [6.45, 7) is 5.86. The van der Waals surface area contributed by atoms with E-state index in [0.717, 1.165) is 17.0 Å². The zero-order valence-corrected chi connectivity index (χ0v) is 9.55. The van der Waals surface area contributed by atoms with Crippen LogP contribution in [-0.2, 0) is 11.8 Å². The Morgan fingerprint density at radius 1 is 1.53 bits per heavy atom. The Kier molecular flexibility index (Phi) is 3.21. The molecule has 3 nitrogen and oxygen atoms in total.